The Morgan fingerprint density at radius 3 is 1.89 bits per heavy atom. The molecule has 3 atom stereocenters. The molecule has 2 heteroatoms. The van der Waals surface area contributed by atoms with Gasteiger partial charge in [-0.2, -0.15) is 0 Å². The van der Waals surface area contributed by atoms with Crippen molar-refractivity contribution in [1.82, 2.24) is 0 Å². The topological polar surface area (TPSA) is 40.5 Å². The lowest BCUT2D eigenvalue weighted by molar-refractivity contribution is 0.169. The predicted octanol–water partition coefficient (Wildman–Crippen LogP) is 3.92. The van der Waals surface area contributed by atoms with Crippen molar-refractivity contribution in [3.05, 3.63) is 12.2 Å². The normalized spacial score (nSPS) is 17.9. The average Bonchev–Trinajstić information content (AvgIpc) is 2.29. The molecule has 108 valence electrons. The molecule has 0 rings (SSSR count). The molecule has 0 aromatic rings. The molecular weight excluding hydrogens is 224 g/mol. The average molecular weight is 256 g/mol. The Morgan fingerprint density at radius 2 is 1.44 bits per heavy atom. The number of rotatable bonds is 8. The zero-order chi connectivity index (χ0) is 14.2. The van der Waals surface area contributed by atoms with Crippen LogP contribution in [0.3, 0.4) is 0 Å². The van der Waals surface area contributed by atoms with Crippen molar-refractivity contribution in [2.45, 2.75) is 78.9 Å². The minimum Gasteiger partial charge on any atom is -0.389 e. The fourth-order valence-electron chi connectivity index (χ4n) is 1.72. The van der Waals surface area contributed by atoms with Crippen molar-refractivity contribution in [1.29, 1.82) is 0 Å². The second-order valence-electron chi connectivity index (χ2n) is 6.51. The molecule has 0 aliphatic rings. The van der Waals surface area contributed by atoms with Gasteiger partial charge in [0.05, 0.1) is 12.2 Å². The quantitative estimate of drug-likeness (QED) is 0.646. The van der Waals surface area contributed by atoms with Crippen LogP contribution < -0.4 is 0 Å². The first-order valence-corrected chi connectivity index (χ1v) is 7.31. The Morgan fingerprint density at radius 1 is 0.944 bits per heavy atom. The Hall–Kier alpha value is -0.340. The lowest BCUT2D eigenvalue weighted by atomic mass is 9.79. The van der Waals surface area contributed by atoms with Crippen molar-refractivity contribution in [3.8, 4) is 0 Å². The van der Waals surface area contributed by atoms with Gasteiger partial charge < -0.3 is 10.2 Å². The van der Waals surface area contributed by atoms with Crippen LogP contribution in [-0.4, -0.2) is 22.4 Å². The van der Waals surface area contributed by atoms with Gasteiger partial charge in [0, 0.05) is 0 Å². The van der Waals surface area contributed by atoms with Gasteiger partial charge in [0.1, 0.15) is 0 Å². The van der Waals surface area contributed by atoms with E-state index in [1.54, 1.807) is 12.2 Å². The number of aliphatic hydroxyl groups is 2. The van der Waals surface area contributed by atoms with Gasteiger partial charge >= 0.3 is 0 Å². The summed E-state index contributed by atoms with van der Waals surface area (Å²) in [5.74, 6) is 0.588. The summed E-state index contributed by atoms with van der Waals surface area (Å²) in [5.41, 5.74) is 0.296. The summed E-state index contributed by atoms with van der Waals surface area (Å²) in [6.45, 7) is 11.0. The highest BCUT2D eigenvalue weighted by Crippen LogP contribution is 2.29. The van der Waals surface area contributed by atoms with E-state index in [0.29, 0.717) is 11.3 Å². The van der Waals surface area contributed by atoms with Gasteiger partial charge in [-0.1, -0.05) is 59.6 Å². The maximum atomic E-state index is 9.84. The molecule has 0 amide bonds. The molecule has 18 heavy (non-hydrogen) atoms. The summed E-state index contributed by atoms with van der Waals surface area (Å²) in [6.07, 6.45) is 7.36. The highest BCUT2D eigenvalue weighted by molar-refractivity contribution is 4.93. The van der Waals surface area contributed by atoms with Crippen LogP contribution in [0, 0.1) is 11.3 Å². The molecule has 0 bridgehead atoms. The zero-order valence-corrected chi connectivity index (χ0v) is 12.8. The lowest BCUT2D eigenvalue weighted by Crippen LogP contribution is -2.19. The zero-order valence-electron chi connectivity index (χ0n) is 12.8. The van der Waals surface area contributed by atoms with E-state index in [1.165, 1.54) is 0 Å². The summed E-state index contributed by atoms with van der Waals surface area (Å²) in [6, 6.07) is 0. The highest BCUT2D eigenvalue weighted by Gasteiger charge is 2.20. The molecule has 3 unspecified atom stereocenters. The van der Waals surface area contributed by atoms with Gasteiger partial charge in [-0.3, -0.25) is 0 Å². The third kappa shape index (κ3) is 8.71. The lowest BCUT2D eigenvalue weighted by Gasteiger charge is -2.27. The van der Waals surface area contributed by atoms with Crippen LogP contribution in [0.25, 0.3) is 0 Å². The van der Waals surface area contributed by atoms with Gasteiger partial charge in [-0.05, 0) is 30.6 Å². The minimum atomic E-state index is -0.425. The molecule has 0 saturated heterocycles. The Labute approximate surface area is 113 Å². The molecule has 2 N–H and O–H groups in total. The highest BCUT2D eigenvalue weighted by atomic mass is 16.3. The second kappa shape index (κ2) is 8.71. The van der Waals surface area contributed by atoms with Crippen LogP contribution >= 0.6 is 0 Å². The molecule has 0 spiro atoms. The summed E-state index contributed by atoms with van der Waals surface area (Å²) < 4.78 is 0. The van der Waals surface area contributed by atoms with Crippen molar-refractivity contribution >= 4 is 0 Å². The van der Waals surface area contributed by atoms with Gasteiger partial charge in [0.25, 0.3) is 0 Å². The van der Waals surface area contributed by atoms with Gasteiger partial charge in [-0.15, -0.1) is 0 Å². The van der Waals surface area contributed by atoms with Crippen molar-refractivity contribution in [2.24, 2.45) is 11.3 Å². The van der Waals surface area contributed by atoms with Crippen LogP contribution in [0.4, 0.5) is 0 Å². The largest absolute Gasteiger partial charge is 0.389 e. The van der Waals surface area contributed by atoms with Crippen LogP contribution in [0.1, 0.15) is 66.7 Å². The van der Waals surface area contributed by atoms with E-state index in [1.807, 2.05) is 0 Å². The van der Waals surface area contributed by atoms with Crippen LogP contribution in [0.5, 0.6) is 0 Å². The van der Waals surface area contributed by atoms with E-state index in [9.17, 15) is 10.2 Å². The first kappa shape index (κ1) is 17.7. The molecule has 0 fully saturated rings. The monoisotopic (exact) mass is 256 g/mol. The first-order valence-electron chi connectivity index (χ1n) is 7.31. The molecule has 0 saturated carbocycles. The molecule has 2 nitrogen and oxygen atoms in total. The molecule has 0 radical (unpaired) electrons. The maximum Gasteiger partial charge on any atom is 0.0721 e. The fourth-order valence-corrected chi connectivity index (χ4v) is 1.72. The number of hydrogen-bond acceptors (Lipinski definition) is 2. The summed E-state index contributed by atoms with van der Waals surface area (Å²) >= 11 is 0. The van der Waals surface area contributed by atoms with Gasteiger partial charge in [0.15, 0.2) is 0 Å². The molecular formula is C16H32O2. The molecule has 0 aromatic heterocycles. The maximum absolute atomic E-state index is 9.84. The first-order chi connectivity index (χ1) is 8.27. The molecule has 0 aromatic carbocycles. The van der Waals surface area contributed by atoms with E-state index in [0.717, 1.165) is 32.1 Å². The SMILES string of the molecule is CCCCC(O)C=CC(O)CCC(C)C(C)(C)C. The van der Waals surface area contributed by atoms with Crippen molar-refractivity contribution in [3.63, 3.8) is 0 Å². The van der Waals surface area contributed by atoms with Crippen LogP contribution in [0.15, 0.2) is 12.2 Å². The summed E-state index contributed by atoms with van der Waals surface area (Å²) in [4.78, 5) is 0. The third-order valence-electron chi connectivity index (χ3n) is 3.78. The standard InChI is InChI=1S/C16H32O2/c1-6-7-8-14(17)11-12-15(18)10-9-13(2)16(3,4)5/h11-15,17-18H,6-10H2,1-5H3. The fraction of sp³-hybridized carbons (Fsp3) is 0.875. The van der Waals surface area contributed by atoms with Crippen LogP contribution in [-0.2, 0) is 0 Å². The number of unbranched alkanes of at least 4 members (excludes halogenated alkanes) is 1. The Kier molecular flexibility index (Phi) is 8.54. The van der Waals surface area contributed by atoms with Crippen molar-refractivity contribution in [2.75, 3.05) is 0 Å². The van der Waals surface area contributed by atoms with Crippen molar-refractivity contribution < 1.29 is 10.2 Å². The second-order valence-corrected chi connectivity index (χ2v) is 6.51. The van der Waals surface area contributed by atoms with Gasteiger partial charge in [-0.25, -0.2) is 0 Å². The van der Waals surface area contributed by atoms with E-state index in [-0.39, 0.29) is 0 Å². The molecule has 0 aliphatic heterocycles. The predicted molar refractivity (Wildman–Crippen MR) is 78.5 cm³/mol. The Balaban J connectivity index is 3.89. The third-order valence-corrected chi connectivity index (χ3v) is 3.78. The number of hydrogen-bond donors (Lipinski definition) is 2. The van der Waals surface area contributed by atoms with E-state index in [2.05, 4.69) is 34.6 Å². The Bertz CT molecular complexity index is 228. The molecule has 0 heterocycles. The number of aliphatic hydroxyl groups excluding tert-OH is 2. The van der Waals surface area contributed by atoms with E-state index in [4.69, 9.17) is 0 Å². The van der Waals surface area contributed by atoms with E-state index < -0.39 is 12.2 Å². The smallest absolute Gasteiger partial charge is 0.0721 e. The summed E-state index contributed by atoms with van der Waals surface area (Å²) in [7, 11) is 0. The minimum absolute atomic E-state index is 0.296. The molecule has 0 aliphatic carbocycles. The summed E-state index contributed by atoms with van der Waals surface area (Å²) in [5, 5.41) is 19.5. The van der Waals surface area contributed by atoms with E-state index >= 15 is 0 Å². The van der Waals surface area contributed by atoms with Gasteiger partial charge in [0.2, 0.25) is 0 Å². The van der Waals surface area contributed by atoms with Crippen LogP contribution in [0.2, 0.25) is 0 Å².